The molecule has 5 nitrogen and oxygen atoms in total. The fraction of sp³-hybridized carbons (Fsp3) is 0.875. The highest BCUT2D eigenvalue weighted by molar-refractivity contribution is 7.84. The molecule has 2 unspecified atom stereocenters. The lowest BCUT2D eigenvalue weighted by Gasteiger charge is -2.15. The van der Waals surface area contributed by atoms with E-state index in [0.717, 1.165) is 6.42 Å². The fourth-order valence-electron chi connectivity index (χ4n) is 1.06. The van der Waals surface area contributed by atoms with Crippen molar-refractivity contribution >= 4 is 16.6 Å². The first-order chi connectivity index (χ1) is 6.60. The molecule has 0 heterocycles. The van der Waals surface area contributed by atoms with Gasteiger partial charge < -0.3 is 16.3 Å². The number of amidine groups is 1. The number of nitrogens with two attached hydrogens (primary N) is 1. The number of hydrogen-bond donors (Lipinski definition) is 3. The van der Waals surface area contributed by atoms with Crippen LogP contribution < -0.4 is 11.1 Å². The normalized spacial score (nSPS) is 16.6. The zero-order valence-corrected chi connectivity index (χ0v) is 9.51. The van der Waals surface area contributed by atoms with Crippen molar-refractivity contribution in [2.75, 3.05) is 18.6 Å². The minimum absolute atomic E-state index is 0.189. The van der Waals surface area contributed by atoms with E-state index < -0.39 is 10.8 Å². The van der Waals surface area contributed by atoms with Crippen LogP contribution in [0.2, 0.25) is 0 Å². The first-order valence-corrected chi connectivity index (χ1v) is 6.32. The number of hydrogen-bond acceptors (Lipinski definition) is 4. The van der Waals surface area contributed by atoms with E-state index in [1.165, 1.54) is 0 Å². The Morgan fingerprint density at radius 3 is 2.79 bits per heavy atom. The second kappa shape index (κ2) is 7.75. The molecule has 0 aromatic rings. The van der Waals surface area contributed by atoms with Gasteiger partial charge in [-0.05, 0) is 6.42 Å². The van der Waals surface area contributed by atoms with Crippen LogP contribution in [0.1, 0.15) is 19.8 Å². The van der Waals surface area contributed by atoms with E-state index in [-0.39, 0.29) is 11.9 Å². The molecule has 0 saturated carbocycles. The van der Waals surface area contributed by atoms with Crippen molar-refractivity contribution in [3.8, 4) is 0 Å². The SMILES string of the molecule is CCC(CC(N)=NO)NCCS(C)=O. The van der Waals surface area contributed by atoms with Gasteiger partial charge in [-0.25, -0.2) is 0 Å². The van der Waals surface area contributed by atoms with Crippen LogP contribution in [0.15, 0.2) is 5.16 Å². The van der Waals surface area contributed by atoms with Gasteiger partial charge in [-0.1, -0.05) is 12.1 Å². The summed E-state index contributed by atoms with van der Waals surface area (Å²) in [6, 6.07) is 0.189. The van der Waals surface area contributed by atoms with Crippen molar-refractivity contribution < 1.29 is 9.42 Å². The molecule has 0 saturated heterocycles. The van der Waals surface area contributed by atoms with Gasteiger partial charge in [0.05, 0.1) is 0 Å². The number of rotatable bonds is 7. The summed E-state index contributed by atoms with van der Waals surface area (Å²) in [6.07, 6.45) is 3.09. The van der Waals surface area contributed by atoms with Gasteiger partial charge >= 0.3 is 0 Å². The van der Waals surface area contributed by atoms with Crippen LogP contribution in [0, 0.1) is 0 Å². The van der Waals surface area contributed by atoms with Gasteiger partial charge in [-0.3, -0.25) is 4.21 Å². The molecule has 0 bridgehead atoms. The molecule has 2 atom stereocenters. The smallest absolute Gasteiger partial charge is 0.140 e. The molecule has 84 valence electrons. The molecule has 14 heavy (non-hydrogen) atoms. The maximum Gasteiger partial charge on any atom is 0.140 e. The highest BCUT2D eigenvalue weighted by Crippen LogP contribution is 1.96. The summed E-state index contributed by atoms with van der Waals surface area (Å²) < 4.78 is 10.8. The summed E-state index contributed by atoms with van der Waals surface area (Å²) >= 11 is 0. The van der Waals surface area contributed by atoms with Crippen LogP contribution in [-0.4, -0.2) is 39.8 Å². The Morgan fingerprint density at radius 1 is 1.71 bits per heavy atom. The largest absolute Gasteiger partial charge is 0.409 e. The Kier molecular flexibility index (Phi) is 7.41. The van der Waals surface area contributed by atoms with Gasteiger partial charge in [0.1, 0.15) is 5.84 Å². The topological polar surface area (TPSA) is 87.7 Å². The van der Waals surface area contributed by atoms with E-state index in [4.69, 9.17) is 10.9 Å². The van der Waals surface area contributed by atoms with Crippen molar-refractivity contribution in [3.63, 3.8) is 0 Å². The molecular weight excluding hydrogens is 202 g/mol. The number of nitrogens with zero attached hydrogens (tertiary/aromatic N) is 1. The third-order valence-corrected chi connectivity index (χ3v) is 2.68. The van der Waals surface area contributed by atoms with Crippen LogP contribution in [-0.2, 0) is 10.8 Å². The van der Waals surface area contributed by atoms with Gasteiger partial charge in [0, 0.05) is 41.8 Å². The summed E-state index contributed by atoms with van der Waals surface area (Å²) in [7, 11) is -0.772. The molecule has 0 radical (unpaired) electrons. The predicted molar refractivity (Wildman–Crippen MR) is 59.0 cm³/mol. The maximum absolute atomic E-state index is 10.8. The van der Waals surface area contributed by atoms with Gasteiger partial charge in [0.25, 0.3) is 0 Å². The predicted octanol–water partition coefficient (Wildman–Crippen LogP) is -0.130. The molecule has 0 aromatic carbocycles. The van der Waals surface area contributed by atoms with Crippen LogP contribution in [0.3, 0.4) is 0 Å². The lowest BCUT2D eigenvalue weighted by Crippen LogP contribution is -2.35. The van der Waals surface area contributed by atoms with Crippen LogP contribution in [0.25, 0.3) is 0 Å². The van der Waals surface area contributed by atoms with Crippen molar-refractivity contribution in [2.24, 2.45) is 10.9 Å². The first-order valence-electron chi connectivity index (χ1n) is 4.60. The number of oxime groups is 1. The Morgan fingerprint density at radius 2 is 2.36 bits per heavy atom. The molecule has 0 rings (SSSR count). The average Bonchev–Trinajstić information content (AvgIpc) is 2.15. The molecule has 0 aromatic heterocycles. The van der Waals surface area contributed by atoms with Crippen LogP contribution >= 0.6 is 0 Å². The molecule has 0 aliphatic rings. The standard InChI is InChI=1S/C8H19N3O2S/c1-3-7(6-8(9)11-12)10-4-5-14(2)13/h7,10,12H,3-6H2,1-2H3,(H2,9,11). The molecule has 6 heteroatoms. The fourth-order valence-corrected chi connectivity index (χ4v) is 1.47. The van der Waals surface area contributed by atoms with Crippen LogP contribution in [0.4, 0.5) is 0 Å². The van der Waals surface area contributed by atoms with E-state index >= 15 is 0 Å². The van der Waals surface area contributed by atoms with Crippen LogP contribution in [0.5, 0.6) is 0 Å². The monoisotopic (exact) mass is 221 g/mol. The van der Waals surface area contributed by atoms with Gasteiger partial charge in [0.15, 0.2) is 0 Å². The molecule has 4 N–H and O–H groups in total. The average molecular weight is 221 g/mol. The second-order valence-corrected chi connectivity index (χ2v) is 4.69. The molecule has 0 spiro atoms. The zero-order valence-electron chi connectivity index (χ0n) is 8.69. The summed E-state index contributed by atoms with van der Waals surface area (Å²) in [6.45, 7) is 2.71. The van der Waals surface area contributed by atoms with E-state index in [9.17, 15) is 4.21 Å². The highest BCUT2D eigenvalue weighted by atomic mass is 32.2. The third kappa shape index (κ3) is 6.85. The Labute approximate surface area is 87.2 Å². The minimum atomic E-state index is -0.772. The van der Waals surface area contributed by atoms with Gasteiger partial charge in [0.2, 0.25) is 0 Å². The Bertz CT molecular complexity index is 209. The lowest BCUT2D eigenvalue weighted by atomic mass is 10.1. The van der Waals surface area contributed by atoms with E-state index in [0.29, 0.717) is 18.7 Å². The van der Waals surface area contributed by atoms with E-state index in [2.05, 4.69) is 10.5 Å². The first kappa shape index (κ1) is 13.4. The Hall–Kier alpha value is -0.620. The molecule has 0 aliphatic heterocycles. The lowest BCUT2D eigenvalue weighted by molar-refractivity contribution is 0.315. The minimum Gasteiger partial charge on any atom is -0.409 e. The van der Waals surface area contributed by atoms with Crippen molar-refractivity contribution in [1.29, 1.82) is 0 Å². The van der Waals surface area contributed by atoms with Gasteiger partial charge in [-0.2, -0.15) is 0 Å². The van der Waals surface area contributed by atoms with Crippen molar-refractivity contribution in [3.05, 3.63) is 0 Å². The Balaban J connectivity index is 3.74. The number of nitrogens with one attached hydrogen (secondary N) is 1. The molecule has 0 amide bonds. The highest BCUT2D eigenvalue weighted by Gasteiger charge is 2.07. The van der Waals surface area contributed by atoms with E-state index in [1.54, 1.807) is 6.26 Å². The summed E-state index contributed by atoms with van der Waals surface area (Å²) in [5.41, 5.74) is 5.38. The second-order valence-electron chi connectivity index (χ2n) is 3.13. The zero-order chi connectivity index (χ0) is 11.0. The molecular formula is C8H19N3O2S. The molecule has 0 fully saturated rings. The maximum atomic E-state index is 10.8. The quantitative estimate of drug-likeness (QED) is 0.242. The summed E-state index contributed by atoms with van der Waals surface area (Å²) in [5, 5.41) is 14.5. The van der Waals surface area contributed by atoms with Crippen molar-refractivity contribution in [2.45, 2.75) is 25.8 Å². The van der Waals surface area contributed by atoms with E-state index in [1.807, 2.05) is 6.92 Å². The summed E-state index contributed by atoms with van der Waals surface area (Å²) in [4.78, 5) is 0. The van der Waals surface area contributed by atoms with Gasteiger partial charge in [-0.15, -0.1) is 0 Å². The van der Waals surface area contributed by atoms with Crippen molar-refractivity contribution in [1.82, 2.24) is 5.32 Å². The summed E-state index contributed by atoms with van der Waals surface area (Å²) in [5.74, 6) is 0.856. The third-order valence-electron chi connectivity index (χ3n) is 1.90. The molecule has 0 aliphatic carbocycles.